The Morgan fingerprint density at radius 2 is 1.95 bits per heavy atom. The molecule has 0 aromatic rings. The second-order valence-corrected chi connectivity index (χ2v) is 6.06. The highest BCUT2D eigenvalue weighted by Gasteiger charge is 2.21. The smallest absolute Gasteiger partial charge is 0.193 e. The third-order valence-corrected chi connectivity index (χ3v) is 3.87. The number of nitrogens with zero attached hydrogens (tertiary/aromatic N) is 3. The second kappa shape index (κ2) is 11.7. The summed E-state index contributed by atoms with van der Waals surface area (Å²) in [5, 5.41) is 3.41. The minimum absolute atomic E-state index is 0.771. The van der Waals surface area contributed by atoms with Crippen LogP contribution in [0.4, 0.5) is 0 Å². The predicted molar refractivity (Wildman–Crippen MR) is 91.5 cm³/mol. The summed E-state index contributed by atoms with van der Waals surface area (Å²) in [5.41, 5.74) is 0. The van der Waals surface area contributed by atoms with Gasteiger partial charge in [0.2, 0.25) is 0 Å². The van der Waals surface area contributed by atoms with Crippen LogP contribution in [0.1, 0.15) is 19.3 Å². The number of nitrogens with one attached hydrogen (secondary N) is 1. The van der Waals surface area contributed by atoms with E-state index in [0.29, 0.717) is 0 Å². The molecule has 130 valence electrons. The van der Waals surface area contributed by atoms with Crippen LogP contribution in [-0.2, 0) is 9.47 Å². The zero-order valence-corrected chi connectivity index (χ0v) is 14.8. The van der Waals surface area contributed by atoms with Crippen LogP contribution in [0.3, 0.4) is 0 Å². The van der Waals surface area contributed by atoms with Gasteiger partial charge in [-0.2, -0.15) is 0 Å². The summed E-state index contributed by atoms with van der Waals surface area (Å²) >= 11 is 0. The van der Waals surface area contributed by atoms with Gasteiger partial charge in [-0.1, -0.05) is 0 Å². The zero-order chi connectivity index (χ0) is 16.2. The van der Waals surface area contributed by atoms with Crippen LogP contribution in [0.5, 0.6) is 0 Å². The van der Waals surface area contributed by atoms with Gasteiger partial charge in [-0.3, -0.25) is 4.99 Å². The Bertz CT molecular complexity index is 309. The van der Waals surface area contributed by atoms with E-state index in [4.69, 9.17) is 9.47 Å². The number of guanidine groups is 1. The van der Waals surface area contributed by atoms with Gasteiger partial charge < -0.3 is 24.6 Å². The molecule has 1 saturated carbocycles. The van der Waals surface area contributed by atoms with Crippen LogP contribution in [0, 0.1) is 5.92 Å². The first-order chi connectivity index (χ1) is 10.7. The first kappa shape index (κ1) is 19.2. The fourth-order valence-electron chi connectivity index (χ4n) is 2.13. The lowest BCUT2D eigenvalue weighted by molar-refractivity contribution is 0.115. The average Bonchev–Trinajstić information content (AvgIpc) is 3.33. The highest BCUT2D eigenvalue weighted by molar-refractivity contribution is 5.79. The quantitative estimate of drug-likeness (QED) is 0.329. The van der Waals surface area contributed by atoms with Gasteiger partial charge in [0.15, 0.2) is 5.96 Å². The predicted octanol–water partition coefficient (Wildman–Crippen LogP) is 0.889. The maximum Gasteiger partial charge on any atom is 0.193 e. The van der Waals surface area contributed by atoms with Crippen molar-refractivity contribution in [2.45, 2.75) is 19.3 Å². The van der Waals surface area contributed by atoms with Crippen LogP contribution in [-0.4, -0.2) is 90.0 Å². The van der Waals surface area contributed by atoms with Crippen molar-refractivity contribution in [2.24, 2.45) is 10.9 Å². The van der Waals surface area contributed by atoms with Crippen LogP contribution in [0.15, 0.2) is 4.99 Å². The summed E-state index contributed by atoms with van der Waals surface area (Å²) in [6.45, 7) is 6.32. The third kappa shape index (κ3) is 9.23. The van der Waals surface area contributed by atoms with E-state index in [-0.39, 0.29) is 0 Å². The Morgan fingerprint density at radius 1 is 1.18 bits per heavy atom. The van der Waals surface area contributed by atoms with Gasteiger partial charge in [-0.15, -0.1) is 0 Å². The first-order valence-electron chi connectivity index (χ1n) is 8.34. The summed E-state index contributed by atoms with van der Waals surface area (Å²) in [4.78, 5) is 8.73. The van der Waals surface area contributed by atoms with Crippen molar-refractivity contribution >= 4 is 5.96 Å². The van der Waals surface area contributed by atoms with Crippen LogP contribution >= 0.6 is 0 Å². The maximum atomic E-state index is 5.67. The molecule has 1 aliphatic rings. The Balaban J connectivity index is 2.04. The molecule has 1 fully saturated rings. The number of ether oxygens (including phenoxy) is 2. The molecule has 1 rings (SSSR count). The molecule has 0 radical (unpaired) electrons. The van der Waals surface area contributed by atoms with Crippen molar-refractivity contribution in [3.05, 3.63) is 0 Å². The second-order valence-electron chi connectivity index (χ2n) is 6.06. The molecule has 1 N–H and O–H groups in total. The van der Waals surface area contributed by atoms with E-state index in [1.165, 1.54) is 12.8 Å². The Hall–Kier alpha value is -0.850. The van der Waals surface area contributed by atoms with Crippen molar-refractivity contribution in [3.63, 3.8) is 0 Å². The molecule has 0 atom stereocenters. The molecule has 6 nitrogen and oxygen atoms in total. The van der Waals surface area contributed by atoms with Gasteiger partial charge in [-0.25, -0.2) is 0 Å². The largest absolute Gasteiger partial charge is 0.383 e. The molecule has 0 amide bonds. The van der Waals surface area contributed by atoms with Crippen LogP contribution < -0.4 is 5.32 Å². The van der Waals surface area contributed by atoms with E-state index in [0.717, 1.165) is 64.3 Å². The molecule has 0 aliphatic heterocycles. The summed E-state index contributed by atoms with van der Waals surface area (Å²) in [7, 11) is 7.75. The number of hydrogen-bond acceptors (Lipinski definition) is 4. The van der Waals surface area contributed by atoms with Gasteiger partial charge in [0, 0.05) is 47.4 Å². The molecular formula is C16H34N4O2. The van der Waals surface area contributed by atoms with Crippen molar-refractivity contribution in [1.82, 2.24) is 15.1 Å². The fraction of sp³-hybridized carbons (Fsp3) is 0.938. The van der Waals surface area contributed by atoms with Crippen LogP contribution in [0.25, 0.3) is 0 Å². The monoisotopic (exact) mass is 314 g/mol. The lowest BCUT2D eigenvalue weighted by atomic mass is 10.4. The summed E-state index contributed by atoms with van der Waals surface area (Å²) in [6.07, 6.45) is 3.78. The molecule has 22 heavy (non-hydrogen) atoms. The lowest BCUT2D eigenvalue weighted by Crippen LogP contribution is -2.41. The van der Waals surface area contributed by atoms with Gasteiger partial charge in [0.05, 0.1) is 13.2 Å². The van der Waals surface area contributed by atoms with Crippen LogP contribution in [0.2, 0.25) is 0 Å². The highest BCUT2D eigenvalue weighted by atomic mass is 16.5. The van der Waals surface area contributed by atoms with Crippen molar-refractivity contribution in [2.75, 3.05) is 74.3 Å². The average molecular weight is 314 g/mol. The topological polar surface area (TPSA) is 49.3 Å². The number of likely N-dealkylation sites (N-methyl/N-ethyl adjacent to an activating group) is 2. The molecule has 6 heteroatoms. The maximum absolute atomic E-state index is 5.67. The number of aliphatic imine (C=N–C) groups is 1. The molecule has 0 unspecified atom stereocenters. The van der Waals surface area contributed by atoms with Gasteiger partial charge in [0.25, 0.3) is 0 Å². The summed E-state index contributed by atoms with van der Waals surface area (Å²) in [6, 6.07) is 0. The minimum Gasteiger partial charge on any atom is -0.383 e. The van der Waals surface area contributed by atoms with Crippen molar-refractivity contribution in [3.8, 4) is 0 Å². The Kier molecular flexibility index (Phi) is 10.2. The van der Waals surface area contributed by atoms with E-state index in [2.05, 4.69) is 34.2 Å². The number of rotatable bonds is 12. The number of methoxy groups -OCH3 is 1. The first-order valence-corrected chi connectivity index (χ1v) is 8.34. The zero-order valence-electron chi connectivity index (χ0n) is 14.8. The highest BCUT2D eigenvalue weighted by Crippen LogP contribution is 2.28. The SMILES string of the molecule is CN=C(NCCCN(C)CCOC)N(C)CCOCC1CC1. The van der Waals surface area contributed by atoms with E-state index < -0.39 is 0 Å². The lowest BCUT2D eigenvalue weighted by Gasteiger charge is -2.22. The van der Waals surface area contributed by atoms with E-state index in [1.807, 2.05) is 7.05 Å². The third-order valence-electron chi connectivity index (χ3n) is 3.87. The number of hydrogen-bond donors (Lipinski definition) is 1. The molecule has 0 spiro atoms. The molecule has 0 saturated heterocycles. The molecule has 0 aromatic heterocycles. The molecule has 0 aromatic carbocycles. The van der Waals surface area contributed by atoms with Crippen molar-refractivity contribution < 1.29 is 9.47 Å². The Labute approximate surface area is 135 Å². The molecule has 0 heterocycles. The van der Waals surface area contributed by atoms with E-state index >= 15 is 0 Å². The molecular weight excluding hydrogens is 280 g/mol. The standard InChI is InChI=1S/C16H34N4O2/c1-17-16(18-8-5-9-19(2)10-12-21-4)20(3)11-13-22-14-15-6-7-15/h15H,5-14H2,1-4H3,(H,17,18). The molecule has 0 bridgehead atoms. The molecule has 1 aliphatic carbocycles. The fourth-order valence-corrected chi connectivity index (χ4v) is 2.13. The minimum atomic E-state index is 0.771. The van der Waals surface area contributed by atoms with E-state index in [9.17, 15) is 0 Å². The van der Waals surface area contributed by atoms with E-state index in [1.54, 1.807) is 7.11 Å². The van der Waals surface area contributed by atoms with Gasteiger partial charge in [-0.05, 0) is 38.8 Å². The van der Waals surface area contributed by atoms with Crippen molar-refractivity contribution in [1.29, 1.82) is 0 Å². The Morgan fingerprint density at radius 3 is 2.59 bits per heavy atom. The summed E-state index contributed by atoms with van der Waals surface area (Å²) < 4.78 is 10.8. The normalized spacial score (nSPS) is 15.4. The van der Waals surface area contributed by atoms with Gasteiger partial charge in [0.1, 0.15) is 0 Å². The summed E-state index contributed by atoms with van der Waals surface area (Å²) in [5.74, 6) is 1.77. The van der Waals surface area contributed by atoms with Gasteiger partial charge >= 0.3 is 0 Å².